The maximum absolute atomic E-state index is 12.5. The second-order valence-electron chi connectivity index (χ2n) is 6.28. The van der Waals surface area contributed by atoms with Gasteiger partial charge >= 0.3 is 6.61 Å². The Morgan fingerprint density at radius 3 is 2.74 bits per heavy atom. The lowest BCUT2D eigenvalue weighted by Crippen LogP contribution is -2.42. The molecule has 0 bridgehead atoms. The highest BCUT2D eigenvalue weighted by atomic mass is 19.3. The number of amides is 1. The average Bonchev–Trinajstić information content (AvgIpc) is 3.04. The normalized spacial score (nSPS) is 21.3. The summed E-state index contributed by atoms with van der Waals surface area (Å²) in [6, 6.07) is 4.60. The third kappa shape index (κ3) is 4.85. The minimum absolute atomic E-state index is 0.0580. The fourth-order valence-electron chi connectivity index (χ4n) is 3.25. The summed E-state index contributed by atoms with van der Waals surface area (Å²) >= 11 is 0. The van der Waals surface area contributed by atoms with Crippen LogP contribution in [-0.4, -0.2) is 62.6 Å². The van der Waals surface area contributed by atoms with Gasteiger partial charge in [0.15, 0.2) is 11.5 Å². The molecule has 148 valence electrons. The maximum atomic E-state index is 12.5. The number of ether oxygens (including phenoxy) is 3. The average molecular weight is 384 g/mol. The molecule has 0 unspecified atom stereocenters. The molecule has 7 nitrogen and oxygen atoms in total. The predicted molar refractivity (Wildman–Crippen MR) is 92.3 cm³/mol. The Labute approximate surface area is 155 Å². The number of hydrogen-bond donors (Lipinski definition) is 0. The standard InChI is InChI=1S/C18H22F2N2O5/c1-24-16-10-12(2-3-14(16)26-18(19)20)11-21-27-15-4-7-22(17(15)23)13-5-8-25-9-6-13/h2-3,10-11,13,15,18H,4-9H2,1H3/t15-/m1/s1. The molecule has 1 aromatic rings. The van der Waals surface area contributed by atoms with Gasteiger partial charge in [0.2, 0.25) is 6.10 Å². The zero-order valence-electron chi connectivity index (χ0n) is 15.0. The minimum atomic E-state index is -2.94. The van der Waals surface area contributed by atoms with Crippen LogP contribution in [0.5, 0.6) is 11.5 Å². The van der Waals surface area contributed by atoms with Crippen LogP contribution in [0.15, 0.2) is 23.4 Å². The molecular formula is C18H22F2N2O5. The van der Waals surface area contributed by atoms with Crippen LogP contribution in [-0.2, 0) is 14.4 Å². The van der Waals surface area contributed by atoms with Crippen LogP contribution in [0.1, 0.15) is 24.8 Å². The highest BCUT2D eigenvalue weighted by Gasteiger charge is 2.38. The van der Waals surface area contributed by atoms with Gasteiger partial charge in [0, 0.05) is 37.8 Å². The van der Waals surface area contributed by atoms with E-state index in [4.69, 9.17) is 14.3 Å². The van der Waals surface area contributed by atoms with Crippen LogP contribution in [0.4, 0.5) is 8.78 Å². The van der Waals surface area contributed by atoms with E-state index in [1.165, 1.54) is 31.5 Å². The van der Waals surface area contributed by atoms with E-state index >= 15 is 0 Å². The van der Waals surface area contributed by atoms with E-state index in [9.17, 15) is 13.6 Å². The van der Waals surface area contributed by atoms with E-state index in [-0.39, 0.29) is 23.4 Å². The summed E-state index contributed by atoms with van der Waals surface area (Å²) in [6.45, 7) is -0.943. The SMILES string of the molecule is COc1cc(C=NO[C@@H]2CCN(C3CCOCC3)C2=O)ccc1OC(F)F. The summed E-state index contributed by atoms with van der Waals surface area (Å²) in [4.78, 5) is 19.7. The Balaban J connectivity index is 1.56. The lowest BCUT2D eigenvalue weighted by molar-refractivity contribution is -0.140. The van der Waals surface area contributed by atoms with Gasteiger partial charge in [0.05, 0.1) is 13.3 Å². The van der Waals surface area contributed by atoms with E-state index in [1.807, 2.05) is 4.90 Å². The van der Waals surface area contributed by atoms with Crippen molar-refractivity contribution in [3.8, 4) is 11.5 Å². The summed E-state index contributed by atoms with van der Waals surface area (Å²) in [5.41, 5.74) is 0.570. The van der Waals surface area contributed by atoms with Crippen molar-refractivity contribution >= 4 is 12.1 Å². The van der Waals surface area contributed by atoms with Crippen LogP contribution in [0.25, 0.3) is 0 Å². The molecule has 0 aliphatic carbocycles. The zero-order chi connectivity index (χ0) is 19.2. The van der Waals surface area contributed by atoms with Gasteiger partial charge in [0.25, 0.3) is 5.91 Å². The van der Waals surface area contributed by atoms with Crippen molar-refractivity contribution in [1.82, 2.24) is 4.90 Å². The lowest BCUT2D eigenvalue weighted by Gasteiger charge is -2.30. The van der Waals surface area contributed by atoms with Crippen molar-refractivity contribution in [2.45, 2.75) is 38.0 Å². The quantitative estimate of drug-likeness (QED) is 0.534. The molecule has 2 heterocycles. The summed E-state index contributed by atoms with van der Waals surface area (Å²) in [6.07, 6.45) is 3.06. The van der Waals surface area contributed by atoms with Crippen LogP contribution in [0.3, 0.4) is 0 Å². The highest BCUT2D eigenvalue weighted by Crippen LogP contribution is 2.29. The predicted octanol–water partition coefficient (Wildman–Crippen LogP) is 2.43. The van der Waals surface area contributed by atoms with Crippen LogP contribution in [0, 0.1) is 0 Å². The third-order valence-corrected chi connectivity index (χ3v) is 4.62. The summed E-state index contributed by atoms with van der Waals surface area (Å²) in [5.74, 6) is 0.0304. The van der Waals surface area contributed by atoms with Gasteiger partial charge in [-0.25, -0.2) is 0 Å². The topological polar surface area (TPSA) is 69.6 Å². The first-order valence-corrected chi connectivity index (χ1v) is 8.78. The first kappa shape index (κ1) is 19.3. The van der Waals surface area contributed by atoms with E-state index in [0.29, 0.717) is 31.7 Å². The number of alkyl halides is 2. The number of carbonyl (C=O) groups excluding carboxylic acids is 1. The van der Waals surface area contributed by atoms with Gasteiger partial charge in [0.1, 0.15) is 0 Å². The molecule has 0 aromatic heterocycles. The lowest BCUT2D eigenvalue weighted by atomic mass is 10.1. The van der Waals surface area contributed by atoms with E-state index in [2.05, 4.69) is 9.89 Å². The molecule has 0 radical (unpaired) electrons. The van der Waals surface area contributed by atoms with Crippen molar-refractivity contribution < 1.29 is 32.6 Å². The van der Waals surface area contributed by atoms with Gasteiger partial charge < -0.3 is 23.9 Å². The smallest absolute Gasteiger partial charge is 0.387 e. The molecule has 1 aromatic carbocycles. The van der Waals surface area contributed by atoms with Crippen molar-refractivity contribution in [3.63, 3.8) is 0 Å². The summed E-state index contributed by atoms with van der Waals surface area (Å²) in [7, 11) is 1.35. The highest BCUT2D eigenvalue weighted by molar-refractivity contribution is 5.84. The number of rotatable bonds is 7. The Morgan fingerprint density at radius 2 is 2.04 bits per heavy atom. The number of benzene rings is 1. The molecular weight excluding hydrogens is 362 g/mol. The molecule has 9 heteroatoms. The third-order valence-electron chi connectivity index (χ3n) is 4.62. The molecule has 1 amide bonds. The van der Waals surface area contributed by atoms with Gasteiger partial charge in [-0.05, 0) is 31.0 Å². The Kier molecular flexibility index (Phi) is 6.44. The van der Waals surface area contributed by atoms with Gasteiger partial charge in [-0.2, -0.15) is 8.78 Å². The second-order valence-corrected chi connectivity index (χ2v) is 6.28. The Bertz CT molecular complexity index is 680. The maximum Gasteiger partial charge on any atom is 0.387 e. The largest absolute Gasteiger partial charge is 0.493 e. The van der Waals surface area contributed by atoms with Gasteiger partial charge in [-0.15, -0.1) is 0 Å². The molecule has 1 atom stereocenters. The molecule has 2 aliphatic rings. The van der Waals surface area contributed by atoms with Crippen molar-refractivity contribution in [3.05, 3.63) is 23.8 Å². The number of halogens is 2. The molecule has 0 N–H and O–H groups in total. The molecule has 0 spiro atoms. The first-order chi connectivity index (χ1) is 13.1. The number of nitrogens with zero attached hydrogens (tertiary/aromatic N) is 2. The number of carbonyl (C=O) groups is 1. The number of methoxy groups -OCH3 is 1. The molecule has 3 rings (SSSR count). The first-order valence-electron chi connectivity index (χ1n) is 8.78. The second kappa shape index (κ2) is 8.98. The molecule has 0 saturated carbocycles. The van der Waals surface area contributed by atoms with Crippen molar-refractivity contribution in [2.24, 2.45) is 5.16 Å². The number of hydrogen-bond acceptors (Lipinski definition) is 6. The Hall–Kier alpha value is -2.42. The molecule has 2 fully saturated rings. The van der Waals surface area contributed by atoms with Crippen LogP contribution >= 0.6 is 0 Å². The Morgan fingerprint density at radius 1 is 1.26 bits per heavy atom. The zero-order valence-corrected chi connectivity index (χ0v) is 15.0. The van der Waals surface area contributed by atoms with Crippen LogP contribution < -0.4 is 9.47 Å². The van der Waals surface area contributed by atoms with Crippen molar-refractivity contribution in [2.75, 3.05) is 26.9 Å². The van der Waals surface area contributed by atoms with E-state index < -0.39 is 12.7 Å². The molecule has 2 saturated heterocycles. The minimum Gasteiger partial charge on any atom is -0.493 e. The summed E-state index contributed by atoms with van der Waals surface area (Å²) in [5, 5.41) is 3.88. The van der Waals surface area contributed by atoms with Gasteiger partial charge in [-0.1, -0.05) is 5.16 Å². The van der Waals surface area contributed by atoms with E-state index in [1.54, 1.807) is 0 Å². The number of likely N-dealkylation sites (tertiary alicyclic amines) is 1. The fraction of sp³-hybridized carbons (Fsp3) is 0.556. The molecule has 2 aliphatic heterocycles. The van der Waals surface area contributed by atoms with Gasteiger partial charge in [-0.3, -0.25) is 4.79 Å². The van der Waals surface area contributed by atoms with E-state index in [0.717, 1.165) is 12.8 Å². The summed E-state index contributed by atoms with van der Waals surface area (Å²) < 4.78 is 39.4. The fourth-order valence-corrected chi connectivity index (χ4v) is 3.25. The van der Waals surface area contributed by atoms with Crippen LogP contribution in [0.2, 0.25) is 0 Å². The van der Waals surface area contributed by atoms with Crippen molar-refractivity contribution in [1.29, 1.82) is 0 Å². The monoisotopic (exact) mass is 384 g/mol. The number of oxime groups is 1. The molecule has 27 heavy (non-hydrogen) atoms.